The van der Waals surface area contributed by atoms with E-state index in [-0.39, 0.29) is 4.90 Å². The summed E-state index contributed by atoms with van der Waals surface area (Å²) >= 11 is 5.39. The van der Waals surface area contributed by atoms with E-state index in [1.807, 2.05) is 18.2 Å². The SMILES string of the molecule is Cc1ccc(Br)cc1S(=O)(=O)Nc1ccccc1I. The summed E-state index contributed by atoms with van der Waals surface area (Å²) in [5, 5.41) is 0. The zero-order valence-corrected chi connectivity index (χ0v) is 14.6. The van der Waals surface area contributed by atoms with Gasteiger partial charge in [-0.3, -0.25) is 4.72 Å². The highest BCUT2D eigenvalue weighted by Crippen LogP contribution is 2.25. The smallest absolute Gasteiger partial charge is 0.262 e. The molecule has 0 heterocycles. The molecule has 0 saturated heterocycles. The molecule has 0 aliphatic carbocycles. The number of benzene rings is 2. The molecule has 1 N–H and O–H groups in total. The van der Waals surface area contributed by atoms with Crippen molar-refractivity contribution in [2.24, 2.45) is 0 Å². The van der Waals surface area contributed by atoms with E-state index in [1.54, 1.807) is 31.2 Å². The fraction of sp³-hybridized carbons (Fsp3) is 0.0769. The molecule has 3 nitrogen and oxygen atoms in total. The largest absolute Gasteiger partial charge is 0.279 e. The molecule has 0 radical (unpaired) electrons. The van der Waals surface area contributed by atoms with E-state index in [2.05, 4.69) is 43.2 Å². The van der Waals surface area contributed by atoms with Crippen LogP contribution in [-0.4, -0.2) is 8.42 Å². The molecular weight excluding hydrogens is 441 g/mol. The number of rotatable bonds is 3. The second kappa shape index (κ2) is 5.80. The number of hydrogen-bond acceptors (Lipinski definition) is 2. The highest BCUT2D eigenvalue weighted by atomic mass is 127. The molecule has 0 amide bonds. The Balaban J connectivity index is 2.44. The Labute approximate surface area is 134 Å². The topological polar surface area (TPSA) is 46.2 Å². The fourth-order valence-corrected chi connectivity index (χ4v) is 4.18. The molecule has 2 aromatic carbocycles. The van der Waals surface area contributed by atoms with Crippen molar-refractivity contribution in [3.05, 3.63) is 56.1 Å². The van der Waals surface area contributed by atoms with Crippen LogP contribution in [0.5, 0.6) is 0 Å². The van der Waals surface area contributed by atoms with Crippen LogP contribution < -0.4 is 4.72 Å². The number of para-hydroxylation sites is 1. The van der Waals surface area contributed by atoms with Gasteiger partial charge in [0.15, 0.2) is 0 Å². The van der Waals surface area contributed by atoms with Crippen LogP contribution in [-0.2, 0) is 10.0 Å². The monoisotopic (exact) mass is 451 g/mol. The minimum absolute atomic E-state index is 0.279. The average Bonchev–Trinajstić information content (AvgIpc) is 2.35. The maximum Gasteiger partial charge on any atom is 0.262 e. The zero-order chi connectivity index (χ0) is 14.0. The molecular formula is C13H11BrINO2S. The van der Waals surface area contributed by atoms with Crippen molar-refractivity contribution in [1.29, 1.82) is 0 Å². The summed E-state index contributed by atoms with van der Waals surface area (Å²) in [6.45, 7) is 1.77. The van der Waals surface area contributed by atoms with Crippen LogP contribution in [0.25, 0.3) is 0 Å². The quantitative estimate of drug-likeness (QED) is 0.712. The number of aryl methyl sites for hydroxylation is 1. The number of halogens is 2. The zero-order valence-electron chi connectivity index (χ0n) is 10.0. The van der Waals surface area contributed by atoms with E-state index in [0.29, 0.717) is 11.3 Å². The first-order valence-corrected chi connectivity index (χ1v) is 8.79. The van der Waals surface area contributed by atoms with Gasteiger partial charge in [0.1, 0.15) is 0 Å². The highest BCUT2D eigenvalue weighted by Gasteiger charge is 2.18. The van der Waals surface area contributed by atoms with E-state index < -0.39 is 10.0 Å². The fourth-order valence-electron chi connectivity index (χ4n) is 1.61. The third kappa shape index (κ3) is 3.49. The van der Waals surface area contributed by atoms with Gasteiger partial charge in [0.05, 0.1) is 10.6 Å². The molecule has 0 aromatic heterocycles. The lowest BCUT2D eigenvalue weighted by Gasteiger charge is -2.11. The Morgan fingerprint density at radius 1 is 1.16 bits per heavy atom. The van der Waals surface area contributed by atoms with Crippen molar-refractivity contribution in [3.63, 3.8) is 0 Å². The first-order valence-electron chi connectivity index (χ1n) is 5.43. The lowest BCUT2D eigenvalue weighted by Crippen LogP contribution is -2.15. The highest BCUT2D eigenvalue weighted by molar-refractivity contribution is 14.1. The molecule has 6 heteroatoms. The van der Waals surface area contributed by atoms with E-state index in [9.17, 15) is 8.42 Å². The molecule has 100 valence electrons. The van der Waals surface area contributed by atoms with Gasteiger partial charge < -0.3 is 0 Å². The summed E-state index contributed by atoms with van der Waals surface area (Å²) < 4.78 is 29.0. The molecule has 0 spiro atoms. The van der Waals surface area contributed by atoms with Gasteiger partial charge in [-0.05, 0) is 59.3 Å². The van der Waals surface area contributed by atoms with Gasteiger partial charge in [0, 0.05) is 8.04 Å². The van der Waals surface area contributed by atoms with E-state index in [4.69, 9.17) is 0 Å². The molecule has 0 fully saturated rings. The first kappa shape index (κ1) is 14.8. The molecule has 2 aromatic rings. The van der Waals surface area contributed by atoms with E-state index >= 15 is 0 Å². The standard InChI is InChI=1S/C13H11BrINO2S/c1-9-6-7-10(14)8-13(9)19(17,18)16-12-5-3-2-4-11(12)15/h2-8,16H,1H3. The van der Waals surface area contributed by atoms with Gasteiger partial charge in [0.2, 0.25) is 0 Å². The van der Waals surface area contributed by atoms with Crippen LogP contribution in [0.3, 0.4) is 0 Å². The second-order valence-electron chi connectivity index (χ2n) is 4.00. The Hall–Kier alpha value is -0.600. The molecule has 0 aliphatic rings. The predicted octanol–water partition coefficient (Wildman–Crippen LogP) is 4.16. The summed E-state index contributed by atoms with van der Waals surface area (Å²) in [5.41, 5.74) is 1.30. The maximum atomic E-state index is 12.4. The lowest BCUT2D eigenvalue weighted by atomic mass is 10.2. The predicted molar refractivity (Wildman–Crippen MR) is 88.8 cm³/mol. The third-order valence-corrected chi connectivity index (χ3v) is 5.50. The van der Waals surface area contributed by atoms with Crippen molar-refractivity contribution < 1.29 is 8.42 Å². The number of nitrogens with one attached hydrogen (secondary N) is 1. The summed E-state index contributed by atoms with van der Waals surface area (Å²) in [4.78, 5) is 0.279. The van der Waals surface area contributed by atoms with Crippen molar-refractivity contribution in [2.75, 3.05) is 4.72 Å². The van der Waals surface area contributed by atoms with E-state index in [1.165, 1.54) is 0 Å². The second-order valence-corrected chi connectivity index (χ2v) is 7.72. The normalized spacial score (nSPS) is 11.3. The van der Waals surface area contributed by atoms with Gasteiger partial charge in [-0.2, -0.15) is 0 Å². The number of anilines is 1. The van der Waals surface area contributed by atoms with Gasteiger partial charge in [-0.25, -0.2) is 8.42 Å². The van der Waals surface area contributed by atoms with Crippen LogP contribution in [0.1, 0.15) is 5.56 Å². The van der Waals surface area contributed by atoms with Crippen LogP contribution in [0.2, 0.25) is 0 Å². The van der Waals surface area contributed by atoms with Gasteiger partial charge in [-0.15, -0.1) is 0 Å². The van der Waals surface area contributed by atoms with Gasteiger partial charge in [-0.1, -0.05) is 34.1 Å². The number of sulfonamides is 1. The van der Waals surface area contributed by atoms with Crippen molar-refractivity contribution in [3.8, 4) is 0 Å². The molecule has 0 bridgehead atoms. The minimum atomic E-state index is -3.57. The van der Waals surface area contributed by atoms with Crippen LogP contribution in [0.4, 0.5) is 5.69 Å². The Morgan fingerprint density at radius 3 is 2.53 bits per heavy atom. The van der Waals surface area contributed by atoms with Crippen LogP contribution in [0.15, 0.2) is 51.8 Å². The maximum absolute atomic E-state index is 12.4. The third-order valence-electron chi connectivity index (χ3n) is 2.56. The summed E-state index contributed by atoms with van der Waals surface area (Å²) in [6.07, 6.45) is 0. The Kier molecular flexibility index (Phi) is 4.52. The molecule has 0 aliphatic heterocycles. The Bertz CT molecular complexity index is 716. The lowest BCUT2D eigenvalue weighted by molar-refractivity contribution is 0.600. The van der Waals surface area contributed by atoms with Gasteiger partial charge >= 0.3 is 0 Å². The van der Waals surface area contributed by atoms with Crippen LogP contribution >= 0.6 is 38.5 Å². The molecule has 0 saturated carbocycles. The van der Waals surface area contributed by atoms with Crippen LogP contribution in [0, 0.1) is 10.5 Å². The molecule has 2 rings (SSSR count). The van der Waals surface area contributed by atoms with Crippen molar-refractivity contribution in [2.45, 2.75) is 11.8 Å². The summed E-state index contributed by atoms with van der Waals surface area (Å²) in [5.74, 6) is 0. The van der Waals surface area contributed by atoms with E-state index in [0.717, 1.165) is 8.04 Å². The molecule has 0 unspecified atom stereocenters. The van der Waals surface area contributed by atoms with Gasteiger partial charge in [0.25, 0.3) is 10.0 Å². The number of hydrogen-bond donors (Lipinski definition) is 1. The van der Waals surface area contributed by atoms with Crippen molar-refractivity contribution >= 4 is 54.2 Å². The molecule has 19 heavy (non-hydrogen) atoms. The average molecular weight is 452 g/mol. The van der Waals surface area contributed by atoms with Crippen molar-refractivity contribution in [1.82, 2.24) is 0 Å². The molecule has 0 atom stereocenters. The Morgan fingerprint density at radius 2 is 1.84 bits per heavy atom. The summed E-state index contributed by atoms with van der Waals surface area (Å²) in [6, 6.07) is 12.5. The summed E-state index contributed by atoms with van der Waals surface area (Å²) in [7, 11) is -3.57. The first-order chi connectivity index (χ1) is 8.90. The minimum Gasteiger partial charge on any atom is -0.279 e.